The van der Waals surface area contributed by atoms with Crippen LogP contribution in [0, 0.1) is 5.82 Å². The van der Waals surface area contributed by atoms with Gasteiger partial charge in [-0.3, -0.25) is 0 Å². The highest BCUT2D eigenvalue weighted by molar-refractivity contribution is 5.68. The summed E-state index contributed by atoms with van der Waals surface area (Å²) < 4.78 is 17.9. The van der Waals surface area contributed by atoms with Crippen molar-refractivity contribution in [1.82, 2.24) is 5.32 Å². The summed E-state index contributed by atoms with van der Waals surface area (Å²) in [5, 5.41) is 11.9. The van der Waals surface area contributed by atoms with Crippen LogP contribution < -0.4 is 5.32 Å². The zero-order valence-electron chi connectivity index (χ0n) is 11.3. The van der Waals surface area contributed by atoms with Crippen LogP contribution in [0.1, 0.15) is 17.2 Å². The summed E-state index contributed by atoms with van der Waals surface area (Å²) in [5.74, 6) is -0.373. The van der Waals surface area contributed by atoms with E-state index < -0.39 is 12.1 Å². The Hall–Kier alpha value is -2.40. The third-order valence-electron chi connectivity index (χ3n) is 2.96. The molecule has 0 fully saturated rings. The van der Waals surface area contributed by atoms with E-state index in [-0.39, 0.29) is 19.0 Å². The molecule has 0 saturated heterocycles. The van der Waals surface area contributed by atoms with Gasteiger partial charge in [-0.15, -0.1) is 0 Å². The second-order valence-corrected chi connectivity index (χ2v) is 4.49. The molecule has 5 heteroatoms. The minimum atomic E-state index is -0.637. The topological polar surface area (TPSA) is 58.6 Å². The fourth-order valence-electron chi connectivity index (χ4n) is 1.84. The number of nitrogens with one attached hydrogen (secondary N) is 1. The van der Waals surface area contributed by atoms with Crippen LogP contribution in [0.3, 0.4) is 0 Å². The van der Waals surface area contributed by atoms with Gasteiger partial charge in [-0.25, -0.2) is 9.18 Å². The fraction of sp³-hybridized carbons (Fsp3) is 0.188. The highest BCUT2D eigenvalue weighted by atomic mass is 19.1. The summed E-state index contributed by atoms with van der Waals surface area (Å²) in [6.07, 6.45) is -0.637. The molecule has 2 rings (SSSR count). The summed E-state index contributed by atoms with van der Waals surface area (Å²) in [5.41, 5.74) is 1.48. The number of ether oxygens (including phenoxy) is 1. The van der Waals surface area contributed by atoms with E-state index in [1.54, 1.807) is 0 Å². The van der Waals surface area contributed by atoms with Gasteiger partial charge < -0.3 is 15.2 Å². The first-order valence-corrected chi connectivity index (χ1v) is 6.52. The van der Waals surface area contributed by atoms with Crippen molar-refractivity contribution >= 4 is 6.09 Å². The van der Waals surface area contributed by atoms with Gasteiger partial charge in [0.1, 0.15) is 12.4 Å². The molecule has 0 aliphatic heterocycles. The van der Waals surface area contributed by atoms with E-state index in [0.29, 0.717) is 5.56 Å². The first-order chi connectivity index (χ1) is 10.2. The molecule has 1 amide bonds. The Bertz CT molecular complexity index is 572. The molecule has 2 aromatic carbocycles. The molecule has 0 heterocycles. The van der Waals surface area contributed by atoms with Crippen LogP contribution in [0.15, 0.2) is 54.6 Å². The predicted octanol–water partition coefficient (Wildman–Crippen LogP) is 2.79. The number of rotatable bonds is 5. The first kappa shape index (κ1) is 15.0. The van der Waals surface area contributed by atoms with E-state index >= 15 is 0 Å². The number of aliphatic hydroxyl groups is 1. The number of halogens is 1. The summed E-state index contributed by atoms with van der Waals surface area (Å²) in [7, 11) is 0. The van der Waals surface area contributed by atoms with Gasteiger partial charge >= 0.3 is 6.09 Å². The van der Waals surface area contributed by atoms with Crippen LogP contribution in [0.5, 0.6) is 0 Å². The van der Waals surface area contributed by atoms with E-state index in [1.165, 1.54) is 24.3 Å². The standard InChI is InChI=1S/C16H16FNO3/c17-14-8-6-13(7-9-14)15(10-19)18-16(20)21-11-12-4-2-1-3-5-12/h1-9,15,19H,10-11H2,(H,18,20)/t15-/m0/s1. The zero-order valence-corrected chi connectivity index (χ0v) is 11.3. The van der Waals surface area contributed by atoms with Crippen molar-refractivity contribution in [2.75, 3.05) is 6.61 Å². The molecule has 0 spiro atoms. The molecule has 21 heavy (non-hydrogen) atoms. The van der Waals surface area contributed by atoms with Crippen LogP contribution in [0.2, 0.25) is 0 Å². The highest BCUT2D eigenvalue weighted by Crippen LogP contribution is 2.13. The Labute approximate surface area is 122 Å². The summed E-state index contributed by atoms with van der Waals surface area (Å²) in [6.45, 7) is -0.152. The van der Waals surface area contributed by atoms with Crippen molar-refractivity contribution in [3.8, 4) is 0 Å². The molecule has 2 aromatic rings. The van der Waals surface area contributed by atoms with Gasteiger partial charge in [0.25, 0.3) is 0 Å². The van der Waals surface area contributed by atoms with Gasteiger partial charge in [0.2, 0.25) is 0 Å². The van der Waals surface area contributed by atoms with E-state index in [2.05, 4.69) is 5.32 Å². The van der Waals surface area contributed by atoms with Crippen molar-refractivity contribution < 1.29 is 19.0 Å². The Morgan fingerprint density at radius 1 is 1.14 bits per heavy atom. The Kier molecular flexibility index (Phi) is 5.29. The second kappa shape index (κ2) is 7.40. The fourth-order valence-corrected chi connectivity index (χ4v) is 1.84. The van der Waals surface area contributed by atoms with Crippen molar-refractivity contribution in [2.45, 2.75) is 12.6 Å². The molecule has 0 radical (unpaired) electrons. The van der Waals surface area contributed by atoms with Gasteiger partial charge in [-0.05, 0) is 23.3 Å². The lowest BCUT2D eigenvalue weighted by molar-refractivity contribution is 0.129. The van der Waals surface area contributed by atoms with Crippen LogP contribution >= 0.6 is 0 Å². The summed E-state index contributed by atoms with van der Waals surface area (Å²) >= 11 is 0. The van der Waals surface area contributed by atoms with Crippen LogP contribution in [-0.4, -0.2) is 17.8 Å². The number of alkyl carbamates (subject to hydrolysis) is 1. The third kappa shape index (κ3) is 4.57. The van der Waals surface area contributed by atoms with Crippen LogP contribution in [0.4, 0.5) is 9.18 Å². The number of hydrogen-bond acceptors (Lipinski definition) is 3. The lowest BCUT2D eigenvalue weighted by Gasteiger charge is -2.16. The first-order valence-electron chi connectivity index (χ1n) is 6.52. The van der Waals surface area contributed by atoms with Crippen molar-refractivity contribution in [3.05, 3.63) is 71.5 Å². The summed E-state index contributed by atoms with van der Waals surface area (Å²) in [4.78, 5) is 11.7. The number of aliphatic hydroxyl groups excluding tert-OH is 1. The Morgan fingerprint density at radius 3 is 2.43 bits per heavy atom. The number of hydrogen-bond donors (Lipinski definition) is 2. The molecule has 0 saturated carbocycles. The van der Waals surface area contributed by atoms with Crippen LogP contribution in [-0.2, 0) is 11.3 Å². The number of amides is 1. The van der Waals surface area contributed by atoms with E-state index in [4.69, 9.17) is 4.74 Å². The van der Waals surface area contributed by atoms with Crippen LogP contribution in [0.25, 0.3) is 0 Å². The normalized spacial score (nSPS) is 11.7. The summed E-state index contributed by atoms with van der Waals surface area (Å²) in [6, 6.07) is 14.2. The molecule has 0 aromatic heterocycles. The van der Waals surface area contributed by atoms with Gasteiger partial charge in [0.15, 0.2) is 0 Å². The number of benzene rings is 2. The molecule has 2 N–H and O–H groups in total. The molecule has 0 aliphatic rings. The van der Waals surface area contributed by atoms with E-state index in [1.807, 2.05) is 30.3 Å². The molecule has 0 bridgehead atoms. The van der Waals surface area contributed by atoms with Crippen molar-refractivity contribution in [2.24, 2.45) is 0 Å². The smallest absolute Gasteiger partial charge is 0.408 e. The molecule has 110 valence electrons. The maximum absolute atomic E-state index is 12.9. The predicted molar refractivity (Wildman–Crippen MR) is 76.0 cm³/mol. The maximum Gasteiger partial charge on any atom is 0.408 e. The van der Waals surface area contributed by atoms with Crippen molar-refractivity contribution in [1.29, 1.82) is 0 Å². The Balaban J connectivity index is 1.89. The number of carbonyl (C=O) groups excluding carboxylic acids is 1. The average Bonchev–Trinajstić information content (AvgIpc) is 2.52. The number of carbonyl (C=O) groups is 1. The lowest BCUT2D eigenvalue weighted by Crippen LogP contribution is -2.31. The largest absolute Gasteiger partial charge is 0.445 e. The highest BCUT2D eigenvalue weighted by Gasteiger charge is 2.14. The lowest BCUT2D eigenvalue weighted by atomic mass is 10.1. The quantitative estimate of drug-likeness (QED) is 0.890. The molecular weight excluding hydrogens is 273 g/mol. The maximum atomic E-state index is 12.9. The third-order valence-corrected chi connectivity index (χ3v) is 2.96. The minimum Gasteiger partial charge on any atom is -0.445 e. The zero-order chi connectivity index (χ0) is 15.1. The minimum absolute atomic E-state index is 0.147. The van der Waals surface area contributed by atoms with Gasteiger partial charge in [0, 0.05) is 0 Å². The second-order valence-electron chi connectivity index (χ2n) is 4.49. The molecule has 0 aliphatic carbocycles. The van der Waals surface area contributed by atoms with Gasteiger partial charge in [-0.2, -0.15) is 0 Å². The molecular formula is C16H16FNO3. The van der Waals surface area contributed by atoms with Crippen molar-refractivity contribution in [3.63, 3.8) is 0 Å². The Morgan fingerprint density at radius 2 is 1.81 bits per heavy atom. The van der Waals surface area contributed by atoms with E-state index in [9.17, 15) is 14.3 Å². The van der Waals surface area contributed by atoms with Gasteiger partial charge in [0.05, 0.1) is 12.6 Å². The SMILES string of the molecule is O=C(N[C@@H](CO)c1ccc(F)cc1)OCc1ccccc1. The average molecular weight is 289 g/mol. The molecule has 1 atom stereocenters. The monoisotopic (exact) mass is 289 g/mol. The van der Waals surface area contributed by atoms with E-state index in [0.717, 1.165) is 5.56 Å². The molecule has 0 unspecified atom stereocenters. The molecule has 4 nitrogen and oxygen atoms in total. The van der Waals surface area contributed by atoms with Gasteiger partial charge in [-0.1, -0.05) is 42.5 Å².